The van der Waals surface area contributed by atoms with Crippen LogP contribution in [0.5, 0.6) is 5.75 Å². The molecule has 2 aliphatic rings. The number of unbranched alkanes of at least 4 members (excludes halogenated alkanes) is 1. The van der Waals surface area contributed by atoms with Crippen LogP contribution in [-0.4, -0.2) is 32.6 Å². The fraction of sp³-hybridized carbons (Fsp3) is 0.444. The molecule has 0 fully saturated rings. The lowest BCUT2D eigenvalue weighted by molar-refractivity contribution is -0.116. The van der Waals surface area contributed by atoms with Crippen molar-refractivity contribution in [3.05, 3.63) is 41.1 Å². The van der Waals surface area contributed by atoms with Crippen molar-refractivity contribution in [2.45, 2.75) is 45.1 Å². The second kappa shape index (κ2) is 6.66. The summed E-state index contributed by atoms with van der Waals surface area (Å²) in [5.74, 6) is 1.59. The molecule has 0 bridgehead atoms. The van der Waals surface area contributed by atoms with Crippen LogP contribution in [-0.2, 0) is 4.79 Å². The minimum atomic E-state index is -0.279. The van der Waals surface area contributed by atoms with E-state index in [9.17, 15) is 4.79 Å². The lowest BCUT2D eigenvalue weighted by Gasteiger charge is -2.31. The first-order valence-electron chi connectivity index (χ1n) is 8.82. The average molecular weight is 339 g/mol. The number of ketones is 1. The SMILES string of the molecule is CCCCOc1ccc(C2C3=C(CCCC3=O)Nc3nnnn32)cc1. The fourth-order valence-corrected chi connectivity index (χ4v) is 3.41. The molecule has 1 unspecified atom stereocenters. The van der Waals surface area contributed by atoms with Crippen LogP contribution in [0.3, 0.4) is 0 Å². The zero-order valence-corrected chi connectivity index (χ0v) is 14.2. The molecule has 2 heterocycles. The molecule has 0 amide bonds. The molecule has 7 heteroatoms. The molecule has 7 nitrogen and oxygen atoms in total. The van der Waals surface area contributed by atoms with Crippen LogP contribution in [0.15, 0.2) is 35.5 Å². The number of carbonyl (C=O) groups excluding carboxylic acids is 1. The Labute approximate surface area is 146 Å². The van der Waals surface area contributed by atoms with Crippen LogP contribution in [0.2, 0.25) is 0 Å². The summed E-state index contributed by atoms with van der Waals surface area (Å²) < 4.78 is 7.42. The number of Topliss-reactive ketones (excluding diaryl/α,β-unsaturated/α-hetero) is 1. The zero-order valence-electron chi connectivity index (χ0n) is 14.2. The fourth-order valence-electron chi connectivity index (χ4n) is 3.41. The summed E-state index contributed by atoms with van der Waals surface area (Å²) in [5.41, 5.74) is 2.72. The third-order valence-corrected chi connectivity index (χ3v) is 4.69. The standard InChI is InChI=1S/C18H21N5O2/c1-2-3-11-25-13-9-7-12(8-10-13)17-16-14(5-4-6-15(16)24)19-18-20-21-22-23(17)18/h7-10,17H,2-6,11H2,1H3,(H,19,20,22). The second-order valence-corrected chi connectivity index (χ2v) is 6.41. The normalized spacial score (nSPS) is 19.2. The van der Waals surface area contributed by atoms with Crippen molar-refractivity contribution in [2.24, 2.45) is 0 Å². The van der Waals surface area contributed by atoms with Crippen LogP contribution < -0.4 is 10.1 Å². The molecule has 1 aliphatic heterocycles. The first-order chi connectivity index (χ1) is 12.3. The van der Waals surface area contributed by atoms with Gasteiger partial charge in [0, 0.05) is 17.7 Å². The first kappa shape index (κ1) is 15.8. The molecule has 1 N–H and O–H groups in total. The largest absolute Gasteiger partial charge is 0.494 e. The van der Waals surface area contributed by atoms with Crippen molar-refractivity contribution in [1.29, 1.82) is 0 Å². The molecule has 0 spiro atoms. The Bertz CT molecular complexity index is 809. The highest BCUT2D eigenvalue weighted by Gasteiger charge is 2.36. The van der Waals surface area contributed by atoms with Crippen molar-refractivity contribution < 1.29 is 9.53 Å². The minimum absolute atomic E-state index is 0.170. The lowest BCUT2D eigenvalue weighted by atomic mass is 9.85. The number of anilines is 1. The van der Waals surface area contributed by atoms with Gasteiger partial charge < -0.3 is 10.1 Å². The third kappa shape index (κ3) is 2.90. The van der Waals surface area contributed by atoms with E-state index in [0.29, 0.717) is 19.0 Å². The monoisotopic (exact) mass is 339 g/mol. The Kier molecular flexibility index (Phi) is 4.21. The minimum Gasteiger partial charge on any atom is -0.494 e. The molecule has 0 saturated carbocycles. The van der Waals surface area contributed by atoms with Crippen molar-refractivity contribution in [1.82, 2.24) is 20.2 Å². The van der Waals surface area contributed by atoms with E-state index in [1.165, 1.54) is 0 Å². The number of tetrazole rings is 1. The van der Waals surface area contributed by atoms with Crippen molar-refractivity contribution >= 4 is 11.7 Å². The number of hydrogen-bond acceptors (Lipinski definition) is 6. The summed E-state index contributed by atoms with van der Waals surface area (Å²) in [7, 11) is 0. The lowest BCUT2D eigenvalue weighted by Crippen LogP contribution is -2.31. The van der Waals surface area contributed by atoms with Gasteiger partial charge in [-0.3, -0.25) is 4.79 Å². The number of rotatable bonds is 5. The molecule has 2 aromatic rings. The number of nitrogens with one attached hydrogen (secondary N) is 1. The molecular formula is C18H21N5O2. The molecule has 4 rings (SSSR count). The van der Waals surface area contributed by atoms with Crippen molar-refractivity contribution in [3.8, 4) is 5.75 Å². The summed E-state index contributed by atoms with van der Waals surface area (Å²) in [6, 6.07) is 7.61. The van der Waals surface area contributed by atoms with Crippen LogP contribution in [0.4, 0.5) is 5.95 Å². The van der Waals surface area contributed by atoms with Crippen LogP contribution >= 0.6 is 0 Å². The molecular weight excluding hydrogens is 318 g/mol. The second-order valence-electron chi connectivity index (χ2n) is 6.41. The van der Waals surface area contributed by atoms with Gasteiger partial charge in [0.05, 0.1) is 6.61 Å². The number of carbonyl (C=O) groups is 1. The Hall–Kier alpha value is -2.70. The van der Waals surface area contributed by atoms with E-state index in [-0.39, 0.29) is 11.8 Å². The molecule has 0 radical (unpaired) electrons. The van der Waals surface area contributed by atoms with E-state index in [4.69, 9.17) is 4.74 Å². The third-order valence-electron chi connectivity index (χ3n) is 4.69. The number of nitrogens with zero attached hydrogens (tertiary/aromatic N) is 4. The zero-order chi connectivity index (χ0) is 17.2. The molecule has 1 atom stereocenters. The topological polar surface area (TPSA) is 81.9 Å². The van der Waals surface area contributed by atoms with Gasteiger partial charge >= 0.3 is 0 Å². The molecule has 1 aliphatic carbocycles. The molecule has 130 valence electrons. The van der Waals surface area contributed by atoms with Gasteiger partial charge in [-0.1, -0.05) is 30.6 Å². The molecule has 1 aromatic heterocycles. The van der Waals surface area contributed by atoms with E-state index in [2.05, 4.69) is 27.8 Å². The van der Waals surface area contributed by atoms with Gasteiger partial charge in [-0.2, -0.15) is 4.68 Å². The summed E-state index contributed by atoms with van der Waals surface area (Å²) >= 11 is 0. The Morgan fingerprint density at radius 2 is 2.12 bits per heavy atom. The van der Waals surface area contributed by atoms with E-state index < -0.39 is 0 Å². The summed E-state index contributed by atoms with van der Waals surface area (Å²) in [6.07, 6.45) is 4.43. The van der Waals surface area contributed by atoms with Crippen molar-refractivity contribution in [3.63, 3.8) is 0 Å². The number of benzene rings is 1. The van der Waals surface area contributed by atoms with Gasteiger partial charge in [0.2, 0.25) is 5.95 Å². The van der Waals surface area contributed by atoms with Crippen LogP contribution in [0.1, 0.15) is 50.6 Å². The smallest absolute Gasteiger partial charge is 0.248 e. The maximum atomic E-state index is 12.6. The predicted molar refractivity (Wildman–Crippen MR) is 92.3 cm³/mol. The molecule has 1 aromatic carbocycles. The van der Waals surface area contributed by atoms with Gasteiger partial charge in [0.1, 0.15) is 11.8 Å². The summed E-state index contributed by atoms with van der Waals surface area (Å²) in [6.45, 7) is 2.86. The average Bonchev–Trinajstić information content (AvgIpc) is 3.09. The molecule has 0 saturated heterocycles. The number of aromatic nitrogens is 4. The summed E-state index contributed by atoms with van der Waals surface area (Å²) in [4.78, 5) is 12.6. The van der Waals surface area contributed by atoms with E-state index in [0.717, 1.165) is 48.3 Å². The Morgan fingerprint density at radius 1 is 1.28 bits per heavy atom. The van der Waals surface area contributed by atoms with E-state index in [1.54, 1.807) is 4.68 Å². The number of ether oxygens (including phenoxy) is 1. The first-order valence-corrected chi connectivity index (χ1v) is 8.82. The van der Waals surface area contributed by atoms with Gasteiger partial charge in [-0.05, 0) is 47.4 Å². The quantitative estimate of drug-likeness (QED) is 0.844. The van der Waals surface area contributed by atoms with Crippen LogP contribution in [0, 0.1) is 0 Å². The van der Waals surface area contributed by atoms with Gasteiger partial charge in [0.15, 0.2) is 5.78 Å². The van der Waals surface area contributed by atoms with Gasteiger partial charge in [-0.25, -0.2) is 0 Å². The number of hydrogen-bond donors (Lipinski definition) is 1. The van der Waals surface area contributed by atoms with Crippen molar-refractivity contribution in [2.75, 3.05) is 11.9 Å². The highest BCUT2D eigenvalue weighted by atomic mass is 16.5. The number of allylic oxidation sites excluding steroid dienone is 2. The Balaban J connectivity index is 1.68. The van der Waals surface area contributed by atoms with Gasteiger partial charge in [0.25, 0.3) is 0 Å². The van der Waals surface area contributed by atoms with E-state index in [1.807, 2.05) is 24.3 Å². The highest BCUT2D eigenvalue weighted by molar-refractivity contribution is 5.99. The number of fused-ring (bicyclic) bond motifs is 1. The molecule has 25 heavy (non-hydrogen) atoms. The van der Waals surface area contributed by atoms with Gasteiger partial charge in [-0.15, -0.1) is 0 Å². The summed E-state index contributed by atoms with van der Waals surface area (Å²) in [5, 5.41) is 15.1. The van der Waals surface area contributed by atoms with E-state index >= 15 is 0 Å². The van der Waals surface area contributed by atoms with Crippen LogP contribution in [0.25, 0.3) is 0 Å². The predicted octanol–water partition coefficient (Wildman–Crippen LogP) is 2.87. The highest BCUT2D eigenvalue weighted by Crippen LogP contribution is 2.39. The Morgan fingerprint density at radius 3 is 2.92 bits per heavy atom. The maximum absolute atomic E-state index is 12.6. The maximum Gasteiger partial charge on any atom is 0.248 e.